The van der Waals surface area contributed by atoms with Gasteiger partial charge in [-0.25, -0.2) is 0 Å². The van der Waals surface area contributed by atoms with Crippen molar-refractivity contribution in [1.82, 2.24) is 9.80 Å². The van der Waals surface area contributed by atoms with E-state index in [9.17, 15) is 9.59 Å². The third-order valence-electron chi connectivity index (χ3n) is 5.05. The van der Waals surface area contributed by atoms with Crippen LogP contribution in [0.5, 0.6) is 0 Å². The molecular formula is C22H21ClN2O3. The Kier molecular flexibility index (Phi) is 4.96. The number of amides is 1. The van der Waals surface area contributed by atoms with Crippen LogP contribution < -0.4 is 5.43 Å². The van der Waals surface area contributed by atoms with E-state index in [0.29, 0.717) is 28.1 Å². The van der Waals surface area contributed by atoms with Crippen molar-refractivity contribution in [3.8, 4) is 0 Å². The maximum Gasteiger partial charge on any atom is 0.290 e. The summed E-state index contributed by atoms with van der Waals surface area (Å²) in [7, 11) is 3.99. The van der Waals surface area contributed by atoms with E-state index in [0.717, 1.165) is 18.5 Å². The van der Waals surface area contributed by atoms with Crippen LogP contribution in [0.25, 0.3) is 11.0 Å². The number of benzene rings is 2. The zero-order chi connectivity index (χ0) is 19.8. The van der Waals surface area contributed by atoms with E-state index < -0.39 is 6.04 Å². The molecule has 3 aromatic rings. The molecule has 6 heteroatoms. The molecule has 2 heterocycles. The second-order valence-electron chi connectivity index (χ2n) is 7.28. The third-order valence-corrected chi connectivity index (χ3v) is 5.28. The molecule has 0 saturated carbocycles. The highest BCUT2D eigenvalue weighted by atomic mass is 35.5. The average Bonchev–Trinajstić information content (AvgIpc) is 2.95. The van der Waals surface area contributed by atoms with Crippen molar-refractivity contribution in [1.29, 1.82) is 0 Å². The van der Waals surface area contributed by atoms with Gasteiger partial charge in [0.25, 0.3) is 5.91 Å². The van der Waals surface area contributed by atoms with Gasteiger partial charge >= 0.3 is 0 Å². The van der Waals surface area contributed by atoms with Gasteiger partial charge in [0.05, 0.1) is 17.0 Å². The molecule has 2 aromatic carbocycles. The smallest absolute Gasteiger partial charge is 0.290 e. The molecule has 0 bridgehead atoms. The summed E-state index contributed by atoms with van der Waals surface area (Å²) in [6, 6.07) is 14.1. The molecule has 1 unspecified atom stereocenters. The number of hydrogen-bond donors (Lipinski definition) is 0. The minimum absolute atomic E-state index is 0.138. The monoisotopic (exact) mass is 396 g/mol. The highest BCUT2D eigenvalue weighted by Gasteiger charge is 2.42. The van der Waals surface area contributed by atoms with Crippen molar-refractivity contribution >= 4 is 28.5 Å². The molecular weight excluding hydrogens is 376 g/mol. The fraction of sp³-hybridized carbons (Fsp3) is 0.273. The van der Waals surface area contributed by atoms with Crippen molar-refractivity contribution in [3.05, 3.63) is 80.7 Å². The van der Waals surface area contributed by atoms with Crippen molar-refractivity contribution in [2.24, 2.45) is 0 Å². The molecule has 1 aromatic heterocycles. The normalized spacial score (nSPS) is 16.2. The van der Waals surface area contributed by atoms with E-state index >= 15 is 0 Å². The summed E-state index contributed by atoms with van der Waals surface area (Å²) in [6.07, 6.45) is 0.801. The van der Waals surface area contributed by atoms with Gasteiger partial charge in [0.2, 0.25) is 5.76 Å². The predicted octanol–water partition coefficient (Wildman–Crippen LogP) is 3.94. The lowest BCUT2D eigenvalue weighted by molar-refractivity contribution is 0.0722. The van der Waals surface area contributed by atoms with Crippen LogP contribution in [0.4, 0.5) is 0 Å². The van der Waals surface area contributed by atoms with Gasteiger partial charge in [0, 0.05) is 11.6 Å². The fourth-order valence-corrected chi connectivity index (χ4v) is 3.93. The van der Waals surface area contributed by atoms with E-state index in [2.05, 4.69) is 4.90 Å². The second-order valence-corrected chi connectivity index (χ2v) is 7.72. The average molecular weight is 397 g/mol. The minimum atomic E-state index is -0.453. The summed E-state index contributed by atoms with van der Waals surface area (Å²) in [4.78, 5) is 30.3. The third kappa shape index (κ3) is 3.21. The molecule has 5 nitrogen and oxygen atoms in total. The second kappa shape index (κ2) is 7.41. The van der Waals surface area contributed by atoms with Gasteiger partial charge in [-0.2, -0.15) is 0 Å². The lowest BCUT2D eigenvalue weighted by atomic mass is 9.98. The number of hydrogen-bond acceptors (Lipinski definition) is 4. The number of rotatable bonds is 5. The highest BCUT2D eigenvalue weighted by molar-refractivity contribution is 6.31. The standard InChI is InChI=1S/C22H21ClN2O3/c1-24(2)11-6-12-25-19(14-7-4-3-5-8-14)18-20(26)16-13-15(23)9-10-17(16)28-21(18)22(25)27/h3-5,7-10,13,19H,6,11-12H2,1-2H3. The Morgan fingerprint density at radius 3 is 2.57 bits per heavy atom. The maximum atomic E-state index is 13.3. The largest absolute Gasteiger partial charge is 0.450 e. The number of halogens is 1. The van der Waals surface area contributed by atoms with Crippen LogP contribution in [-0.4, -0.2) is 42.9 Å². The molecule has 1 aliphatic heterocycles. The van der Waals surface area contributed by atoms with Crippen LogP contribution in [0.1, 0.15) is 34.1 Å². The topological polar surface area (TPSA) is 53.8 Å². The van der Waals surface area contributed by atoms with Gasteiger partial charge in [-0.05, 0) is 50.8 Å². The van der Waals surface area contributed by atoms with E-state index in [1.54, 1.807) is 23.1 Å². The molecule has 0 spiro atoms. The molecule has 0 fully saturated rings. The van der Waals surface area contributed by atoms with Crippen molar-refractivity contribution in [2.45, 2.75) is 12.5 Å². The summed E-state index contributed by atoms with van der Waals surface area (Å²) >= 11 is 6.09. The van der Waals surface area contributed by atoms with E-state index in [1.807, 2.05) is 44.4 Å². The van der Waals surface area contributed by atoms with E-state index in [-0.39, 0.29) is 17.1 Å². The molecule has 1 amide bonds. The van der Waals surface area contributed by atoms with Gasteiger partial charge in [-0.1, -0.05) is 41.9 Å². The Labute approximate surface area is 168 Å². The zero-order valence-electron chi connectivity index (χ0n) is 15.8. The zero-order valence-corrected chi connectivity index (χ0v) is 16.6. The lowest BCUT2D eigenvalue weighted by Crippen LogP contribution is -2.32. The first-order valence-electron chi connectivity index (χ1n) is 9.24. The van der Waals surface area contributed by atoms with Crippen LogP contribution >= 0.6 is 11.6 Å². The Morgan fingerprint density at radius 2 is 1.86 bits per heavy atom. The number of carbonyl (C=O) groups is 1. The minimum Gasteiger partial charge on any atom is -0.450 e. The van der Waals surface area contributed by atoms with Crippen LogP contribution in [0.2, 0.25) is 5.02 Å². The fourth-order valence-electron chi connectivity index (χ4n) is 3.76. The first kappa shape index (κ1) is 18.7. The lowest BCUT2D eigenvalue weighted by Gasteiger charge is -2.25. The highest BCUT2D eigenvalue weighted by Crippen LogP contribution is 2.38. The molecule has 0 radical (unpaired) electrons. The Morgan fingerprint density at radius 1 is 1.11 bits per heavy atom. The summed E-state index contributed by atoms with van der Waals surface area (Å²) in [5, 5.41) is 0.860. The van der Waals surface area contributed by atoms with Gasteiger partial charge in [-0.15, -0.1) is 0 Å². The molecule has 1 atom stereocenters. The predicted molar refractivity (Wildman–Crippen MR) is 110 cm³/mol. The van der Waals surface area contributed by atoms with E-state index in [1.165, 1.54) is 0 Å². The summed E-state index contributed by atoms with van der Waals surface area (Å²) in [5.41, 5.74) is 1.48. The number of nitrogens with zero attached hydrogens (tertiary/aromatic N) is 2. The van der Waals surface area contributed by atoms with Crippen molar-refractivity contribution in [2.75, 3.05) is 27.2 Å². The summed E-state index contributed by atoms with van der Waals surface area (Å²) in [6.45, 7) is 1.39. The molecule has 0 saturated heterocycles. The SMILES string of the molecule is CN(C)CCCN1C(=O)c2oc3ccc(Cl)cc3c(=O)c2C1c1ccccc1. The number of carbonyl (C=O) groups excluding carboxylic acids is 1. The van der Waals surface area contributed by atoms with Crippen molar-refractivity contribution in [3.63, 3.8) is 0 Å². The molecule has 1 aliphatic rings. The summed E-state index contributed by atoms with van der Waals surface area (Å²) in [5.74, 6) is -0.102. The van der Waals surface area contributed by atoms with Crippen LogP contribution in [0, 0.1) is 0 Å². The molecule has 0 aliphatic carbocycles. The Bertz CT molecular complexity index is 1090. The van der Waals surface area contributed by atoms with Crippen molar-refractivity contribution < 1.29 is 9.21 Å². The van der Waals surface area contributed by atoms with Gasteiger partial charge < -0.3 is 14.2 Å². The van der Waals surface area contributed by atoms with Gasteiger partial charge in [0.15, 0.2) is 5.43 Å². The van der Waals surface area contributed by atoms with Gasteiger partial charge in [0.1, 0.15) is 5.58 Å². The molecule has 144 valence electrons. The molecule has 28 heavy (non-hydrogen) atoms. The Balaban J connectivity index is 1.88. The van der Waals surface area contributed by atoms with Crippen LogP contribution in [0.3, 0.4) is 0 Å². The van der Waals surface area contributed by atoms with Crippen LogP contribution in [-0.2, 0) is 0 Å². The first-order chi connectivity index (χ1) is 13.5. The van der Waals surface area contributed by atoms with E-state index in [4.69, 9.17) is 16.0 Å². The first-order valence-corrected chi connectivity index (χ1v) is 9.62. The molecule has 0 N–H and O–H groups in total. The van der Waals surface area contributed by atoms with Gasteiger partial charge in [-0.3, -0.25) is 9.59 Å². The summed E-state index contributed by atoms with van der Waals surface area (Å²) < 4.78 is 5.90. The maximum absolute atomic E-state index is 13.3. The quantitative estimate of drug-likeness (QED) is 0.655. The molecule has 4 rings (SSSR count). The number of fused-ring (bicyclic) bond motifs is 2. The Hall–Kier alpha value is -2.63. The van der Waals surface area contributed by atoms with Crippen LogP contribution in [0.15, 0.2) is 57.7 Å².